The SMILES string of the molecule is O=C(CCCOc1ccc(Cl)cc1)Nc1nc2scc(-c3ccc(Cl)cc3Cl)n2n1. The molecule has 0 fully saturated rings. The second kappa shape index (κ2) is 9.22. The van der Waals surface area contributed by atoms with Crippen LogP contribution in [0.5, 0.6) is 5.75 Å². The Hall–Kier alpha value is -2.32. The van der Waals surface area contributed by atoms with Crippen molar-refractivity contribution < 1.29 is 9.53 Å². The highest BCUT2D eigenvalue weighted by molar-refractivity contribution is 7.15. The van der Waals surface area contributed by atoms with Crippen molar-refractivity contribution in [3.63, 3.8) is 0 Å². The minimum Gasteiger partial charge on any atom is -0.494 e. The van der Waals surface area contributed by atoms with Gasteiger partial charge in [0.05, 0.1) is 17.3 Å². The van der Waals surface area contributed by atoms with E-state index in [9.17, 15) is 4.79 Å². The van der Waals surface area contributed by atoms with Gasteiger partial charge in [-0.25, -0.2) is 4.52 Å². The third kappa shape index (κ3) is 4.87. The fourth-order valence-corrected chi connectivity index (χ4v) is 4.21. The number of aromatic nitrogens is 3. The molecule has 0 radical (unpaired) electrons. The van der Waals surface area contributed by atoms with E-state index >= 15 is 0 Å². The van der Waals surface area contributed by atoms with Crippen molar-refractivity contribution in [1.82, 2.24) is 14.6 Å². The molecular formula is C20H15Cl3N4O2S. The van der Waals surface area contributed by atoms with Gasteiger partial charge < -0.3 is 4.74 Å². The lowest BCUT2D eigenvalue weighted by molar-refractivity contribution is -0.116. The average Bonchev–Trinajstić information content (AvgIpc) is 3.27. The van der Waals surface area contributed by atoms with Gasteiger partial charge in [-0.3, -0.25) is 10.1 Å². The molecule has 0 aliphatic rings. The zero-order chi connectivity index (χ0) is 21.1. The maximum Gasteiger partial charge on any atom is 0.250 e. The van der Waals surface area contributed by atoms with E-state index < -0.39 is 0 Å². The molecule has 0 aliphatic heterocycles. The Morgan fingerprint density at radius 3 is 2.63 bits per heavy atom. The van der Waals surface area contributed by atoms with Gasteiger partial charge in [0.15, 0.2) is 0 Å². The van der Waals surface area contributed by atoms with E-state index in [4.69, 9.17) is 39.5 Å². The number of fused-ring (bicyclic) bond motifs is 1. The standard InChI is InChI=1S/C20H15Cl3N4O2S/c21-12-3-6-14(7-4-12)29-9-1-2-18(28)24-19-25-20-27(26-19)17(11-30-20)15-8-5-13(22)10-16(15)23/h3-8,10-11H,1-2,9H2,(H,24,26,28). The molecule has 2 heterocycles. The first-order valence-electron chi connectivity index (χ1n) is 8.97. The summed E-state index contributed by atoms with van der Waals surface area (Å²) < 4.78 is 7.24. The van der Waals surface area contributed by atoms with Crippen molar-refractivity contribution in [1.29, 1.82) is 0 Å². The van der Waals surface area contributed by atoms with Crippen LogP contribution in [0.25, 0.3) is 16.2 Å². The molecule has 0 atom stereocenters. The minimum absolute atomic E-state index is 0.181. The van der Waals surface area contributed by atoms with Gasteiger partial charge in [-0.2, -0.15) is 4.98 Å². The maximum absolute atomic E-state index is 12.2. The number of carbonyl (C=O) groups excluding carboxylic acids is 1. The highest BCUT2D eigenvalue weighted by Gasteiger charge is 2.15. The predicted octanol–water partition coefficient (Wildman–Crippen LogP) is 6.22. The normalized spacial score (nSPS) is 11.0. The van der Waals surface area contributed by atoms with Crippen LogP contribution in [0.1, 0.15) is 12.8 Å². The number of carbonyl (C=O) groups is 1. The average molecular weight is 482 g/mol. The van der Waals surface area contributed by atoms with E-state index in [0.717, 1.165) is 11.3 Å². The number of rotatable bonds is 7. The molecule has 1 N–H and O–H groups in total. The third-order valence-electron chi connectivity index (χ3n) is 4.17. The number of amides is 1. The van der Waals surface area contributed by atoms with Crippen LogP contribution >= 0.6 is 46.1 Å². The van der Waals surface area contributed by atoms with Crippen molar-refractivity contribution in [2.75, 3.05) is 11.9 Å². The largest absolute Gasteiger partial charge is 0.494 e. The quantitative estimate of drug-likeness (QED) is 0.318. The van der Waals surface area contributed by atoms with Crippen molar-refractivity contribution in [3.05, 3.63) is 62.9 Å². The molecule has 4 aromatic rings. The zero-order valence-electron chi connectivity index (χ0n) is 15.4. The molecule has 0 spiro atoms. The van der Waals surface area contributed by atoms with E-state index in [0.29, 0.717) is 38.8 Å². The van der Waals surface area contributed by atoms with Crippen LogP contribution in [0.3, 0.4) is 0 Å². The predicted molar refractivity (Wildman–Crippen MR) is 121 cm³/mol. The summed E-state index contributed by atoms with van der Waals surface area (Å²) in [4.78, 5) is 17.2. The van der Waals surface area contributed by atoms with Gasteiger partial charge in [-0.05, 0) is 48.9 Å². The van der Waals surface area contributed by atoms with Crippen molar-refractivity contribution >= 4 is 63.0 Å². The summed E-state index contributed by atoms with van der Waals surface area (Å²) in [5, 5.41) is 10.7. The maximum atomic E-state index is 12.2. The fourth-order valence-electron chi connectivity index (χ4n) is 2.76. The van der Waals surface area contributed by atoms with Crippen LogP contribution in [0.2, 0.25) is 15.1 Å². The smallest absolute Gasteiger partial charge is 0.250 e. The number of thiazole rings is 1. The number of nitrogens with zero attached hydrogens (tertiary/aromatic N) is 3. The van der Waals surface area contributed by atoms with Crippen molar-refractivity contribution in [3.8, 4) is 17.0 Å². The van der Waals surface area contributed by atoms with Crippen LogP contribution < -0.4 is 10.1 Å². The molecule has 0 aliphatic carbocycles. The van der Waals surface area contributed by atoms with Crippen LogP contribution in [0.15, 0.2) is 47.8 Å². The Morgan fingerprint density at radius 1 is 1.10 bits per heavy atom. The lowest BCUT2D eigenvalue weighted by atomic mass is 10.2. The lowest BCUT2D eigenvalue weighted by Crippen LogP contribution is -2.14. The summed E-state index contributed by atoms with van der Waals surface area (Å²) in [6.07, 6.45) is 0.846. The molecule has 2 aromatic heterocycles. The lowest BCUT2D eigenvalue weighted by Gasteiger charge is -2.06. The first kappa shape index (κ1) is 20.9. The minimum atomic E-state index is -0.181. The van der Waals surface area contributed by atoms with Crippen molar-refractivity contribution in [2.24, 2.45) is 0 Å². The second-order valence-corrected chi connectivity index (χ2v) is 8.45. The van der Waals surface area contributed by atoms with Gasteiger partial charge in [-0.1, -0.05) is 34.8 Å². The summed E-state index contributed by atoms with van der Waals surface area (Å²) in [6, 6.07) is 12.3. The van der Waals surface area contributed by atoms with Gasteiger partial charge in [0.2, 0.25) is 16.8 Å². The Bertz CT molecular complexity index is 1190. The van der Waals surface area contributed by atoms with Gasteiger partial charge in [0.1, 0.15) is 5.75 Å². The van der Waals surface area contributed by atoms with E-state index in [-0.39, 0.29) is 18.3 Å². The Kier molecular flexibility index (Phi) is 6.43. The molecular weight excluding hydrogens is 467 g/mol. The monoisotopic (exact) mass is 480 g/mol. The number of ether oxygens (including phenoxy) is 1. The van der Waals surface area contributed by atoms with E-state index in [1.165, 1.54) is 11.3 Å². The summed E-state index contributed by atoms with van der Waals surface area (Å²) in [6.45, 7) is 0.417. The molecule has 0 saturated carbocycles. The number of nitrogens with one attached hydrogen (secondary N) is 1. The first-order valence-corrected chi connectivity index (χ1v) is 11.0. The molecule has 0 bridgehead atoms. The molecule has 1 amide bonds. The van der Waals surface area contributed by atoms with Gasteiger partial charge >= 0.3 is 0 Å². The van der Waals surface area contributed by atoms with Crippen LogP contribution in [-0.2, 0) is 4.79 Å². The number of halogens is 3. The van der Waals surface area contributed by atoms with Crippen LogP contribution in [0, 0.1) is 0 Å². The highest BCUT2D eigenvalue weighted by atomic mass is 35.5. The van der Waals surface area contributed by atoms with E-state index in [1.54, 1.807) is 40.9 Å². The van der Waals surface area contributed by atoms with Crippen LogP contribution in [0.4, 0.5) is 5.95 Å². The number of hydrogen-bond donors (Lipinski definition) is 1. The molecule has 154 valence electrons. The molecule has 10 heteroatoms. The molecule has 2 aromatic carbocycles. The Labute approximate surface area is 191 Å². The number of benzene rings is 2. The third-order valence-corrected chi connectivity index (χ3v) is 5.79. The molecule has 4 rings (SSSR count). The molecule has 6 nitrogen and oxygen atoms in total. The summed E-state index contributed by atoms with van der Waals surface area (Å²) in [5.74, 6) is 0.778. The Morgan fingerprint density at radius 2 is 1.87 bits per heavy atom. The van der Waals surface area contributed by atoms with Crippen molar-refractivity contribution in [2.45, 2.75) is 12.8 Å². The highest BCUT2D eigenvalue weighted by Crippen LogP contribution is 2.33. The molecule has 0 unspecified atom stereocenters. The summed E-state index contributed by atoms with van der Waals surface area (Å²) >= 11 is 19.5. The number of hydrogen-bond acceptors (Lipinski definition) is 5. The van der Waals surface area contributed by atoms with Gasteiger partial charge in [0.25, 0.3) is 0 Å². The summed E-state index contributed by atoms with van der Waals surface area (Å²) in [5.41, 5.74) is 1.57. The summed E-state index contributed by atoms with van der Waals surface area (Å²) in [7, 11) is 0. The second-order valence-electron chi connectivity index (χ2n) is 6.33. The topological polar surface area (TPSA) is 68.5 Å². The zero-order valence-corrected chi connectivity index (χ0v) is 18.5. The van der Waals surface area contributed by atoms with Gasteiger partial charge in [-0.15, -0.1) is 16.4 Å². The van der Waals surface area contributed by atoms with Crippen LogP contribution in [-0.4, -0.2) is 27.1 Å². The van der Waals surface area contributed by atoms with Gasteiger partial charge in [0, 0.05) is 27.4 Å². The Balaban J connectivity index is 1.35. The molecule has 0 saturated heterocycles. The van der Waals surface area contributed by atoms with E-state index in [2.05, 4.69) is 15.4 Å². The first-order chi connectivity index (χ1) is 14.5. The number of anilines is 1. The molecule has 30 heavy (non-hydrogen) atoms. The van der Waals surface area contributed by atoms with E-state index in [1.807, 2.05) is 11.4 Å². The fraction of sp³-hybridized carbons (Fsp3) is 0.150.